The van der Waals surface area contributed by atoms with Crippen molar-refractivity contribution in [1.82, 2.24) is 0 Å². The van der Waals surface area contributed by atoms with E-state index in [0.29, 0.717) is 0 Å². The van der Waals surface area contributed by atoms with E-state index in [1.807, 2.05) is 0 Å². The number of hydrogen-bond acceptors (Lipinski definition) is 0. The second-order valence-electron chi connectivity index (χ2n) is 9.76. The van der Waals surface area contributed by atoms with E-state index in [0.717, 1.165) is 0 Å². The van der Waals surface area contributed by atoms with Gasteiger partial charge < -0.3 is 0 Å². The molecular weight excluding hydrogens is 475 g/mol. The van der Waals surface area contributed by atoms with Crippen LogP contribution in [0.3, 0.4) is 0 Å². The summed E-state index contributed by atoms with van der Waals surface area (Å²) < 4.78 is 0. The number of fused-ring (bicyclic) bond motifs is 3. The first kappa shape index (κ1) is 22.9. The van der Waals surface area contributed by atoms with Crippen LogP contribution in [0.25, 0.3) is 11.1 Å². The summed E-state index contributed by atoms with van der Waals surface area (Å²) in [6.07, 6.45) is 0. The smallest absolute Gasteiger partial charge is 0.0622 e. The van der Waals surface area contributed by atoms with E-state index >= 15 is 0 Å². The third-order valence-corrected chi connectivity index (χ3v) is 10.2. The second kappa shape index (κ2) is 9.56. The first-order chi connectivity index (χ1) is 18.9. The number of hydrogen-bond donors (Lipinski definition) is 0. The first-order valence-corrected chi connectivity index (χ1v) is 14.5. The van der Waals surface area contributed by atoms with Crippen molar-refractivity contribution in [3.63, 3.8) is 0 Å². The van der Waals surface area contributed by atoms with Crippen molar-refractivity contribution < 1.29 is 0 Å². The van der Waals surface area contributed by atoms with E-state index in [-0.39, 0.29) is 5.41 Å². The zero-order chi connectivity index (χ0) is 25.4. The molecule has 180 valence electrons. The fourth-order valence-electron chi connectivity index (χ4n) is 6.17. The predicted molar refractivity (Wildman–Crippen MR) is 162 cm³/mol. The van der Waals surface area contributed by atoms with Gasteiger partial charge in [-0.15, -0.1) is 0 Å². The van der Waals surface area contributed by atoms with Crippen molar-refractivity contribution in [2.45, 2.75) is 5.41 Å². The molecule has 0 N–H and O–H groups in total. The van der Waals surface area contributed by atoms with Crippen molar-refractivity contribution >= 4 is 23.8 Å². The van der Waals surface area contributed by atoms with Crippen molar-refractivity contribution in [1.29, 1.82) is 0 Å². The summed E-state index contributed by atoms with van der Waals surface area (Å²) in [4.78, 5) is 0. The van der Waals surface area contributed by atoms with Crippen LogP contribution in [0.4, 0.5) is 0 Å². The van der Waals surface area contributed by atoms with Gasteiger partial charge >= 0.3 is 0 Å². The fourth-order valence-corrected chi connectivity index (χ4v) is 8.49. The lowest BCUT2D eigenvalue weighted by atomic mass is 9.68. The first-order valence-electron chi connectivity index (χ1n) is 13.1. The van der Waals surface area contributed by atoms with Crippen molar-refractivity contribution in [2.75, 3.05) is 0 Å². The summed E-state index contributed by atoms with van der Waals surface area (Å²) in [5, 5.41) is 4.11. The van der Waals surface area contributed by atoms with Crippen LogP contribution in [0.2, 0.25) is 0 Å². The SMILES string of the molecule is c1ccc(P(c2ccccc2)c2ccc3c(c2)C(c2ccccc2)(c2ccccc2)c2ccccc2-3)cc1. The molecule has 0 radical (unpaired) electrons. The summed E-state index contributed by atoms with van der Waals surface area (Å²) in [7, 11) is -0.708. The van der Waals surface area contributed by atoms with Gasteiger partial charge in [-0.25, -0.2) is 0 Å². The molecule has 0 nitrogen and oxygen atoms in total. The number of rotatable bonds is 5. The molecule has 1 heteroatoms. The summed E-state index contributed by atoms with van der Waals surface area (Å²) in [6.45, 7) is 0. The van der Waals surface area contributed by atoms with Crippen LogP contribution in [-0.2, 0) is 5.41 Å². The van der Waals surface area contributed by atoms with E-state index in [1.165, 1.54) is 49.3 Å². The fraction of sp³-hybridized carbons (Fsp3) is 0.0270. The Labute approximate surface area is 226 Å². The van der Waals surface area contributed by atoms with Gasteiger partial charge in [-0.05, 0) is 63.3 Å². The van der Waals surface area contributed by atoms with Crippen molar-refractivity contribution in [3.8, 4) is 11.1 Å². The molecule has 0 aromatic heterocycles. The second-order valence-corrected chi connectivity index (χ2v) is 12.0. The average Bonchev–Trinajstić information content (AvgIpc) is 3.30. The summed E-state index contributed by atoms with van der Waals surface area (Å²) in [5.41, 5.74) is 7.61. The molecule has 1 aliphatic carbocycles. The molecule has 0 saturated heterocycles. The molecule has 38 heavy (non-hydrogen) atoms. The lowest BCUT2D eigenvalue weighted by Gasteiger charge is -2.34. The maximum atomic E-state index is 2.51. The summed E-state index contributed by atoms with van der Waals surface area (Å²) >= 11 is 0. The lowest BCUT2D eigenvalue weighted by Crippen LogP contribution is -2.30. The van der Waals surface area contributed by atoms with Gasteiger partial charge in [0, 0.05) is 0 Å². The largest absolute Gasteiger partial charge is 0.0713 e. The quantitative estimate of drug-likeness (QED) is 0.211. The molecule has 0 bridgehead atoms. The Morgan fingerprint density at radius 3 is 1.34 bits per heavy atom. The number of benzene rings is 6. The molecule has 1 aliphatic rings. The molecule has 0 atom stereocenters. The van der Waals surface area contributed by atoms with Gasteiger partial charge in [-0.1, -0.05) is 158 Å². The van der Waals surface area contributed by atoms with Crippen LogP contribution in [-0.4, -0.2) is 0 Å². The van der Waals surface area contributed by atoms with Crippen LogP contribution < -0.4 is 15.9 Å². The lowest BCUT2D eigenvalue weighted by molar-refractivity contribution is 0.769. The zero-order valence-electron chi connectivity index (χ0n) is 21.0. The standard InChI is InChI=1S/C37H27P/c1-5-15-28(16-6-1)37(29-17-7-2-8-18-29)35-24-14-13-23-33(35)34-26-25-32(27-36(34)37)38(30-19-9-3-10-20-30)31-21-11-4-12-22-31/h1-27H. The monoisotopic (exact) mass is 502 g/mol. The van der Waals surface area contributed by atoms with Gasteiger partial charge in [-0.2, -0.15) is 0 Å². The van der Waals surface area contributed by atoms with Gasteiger partial charge in [0.2, 0.25) is 0 Å². The van der Waals surface area contributed by atoms with Crippen LogP contribution in [0.15, 0.2) is 164 Å². The van der Waals surface area contributed by atoms with Crippen molar-refractivity contribution in [3.05, 3.63) is 186 Å². The maximum Gasteiger partial charge on any atom is 0.0713 e. The van der Waals surface area contributed by atoms with Crippen LogP contribution in [0, 0.1) is 0 Å². The Bertz CT molecular complexity index is 1610. The highest BCUT2D eigenvalue weighted by Crippen LogP contribution is 2.56. The highest BCUT2D eigenvalue weighted by Gasteiger charge is 2.46. The molecule has 0 heterocycles. The minimum absolute atomic E-state index is 0.376. The van der Waals surface area contributed by atoms with Crippen LogP contribution in [0.5, 0.6) is 0 Å². The average molecular weight is 503 g/mol. The molecule has 0 fully saturated rings. The van der Waals surface area contributed by atoms with E-state index in [2.05, 4.69) is 164 Å². The maximum absolute atomic E-state index is 2.51. The molecule has 0 saturated carbocycles. The van der Waals surface area contributed by atoms with Gasteiger partial charge in [0.1, 0.15) is 0 Å². The minimum atomic E-state index is -0.708. The normalized spacial score (nSPS) is 13.2. The summed E-state index contributed by atoms with van der Waals surface area (Å²) in [5.74, 6) is 0. The van der Waals surface area contributed by atoms with Gasteiger partial charge in [0.15, 0.2) is 0 Å². The van der Waals surface area contributed by atoms with Crippen LogP contribution in [0.1, 0.15) is 22.3 Å². The molecule has 6 aromatic rings. The molecule has 0 amide bonds. The Morgan fingerprint density at radius 1 is 0.342 bits per heavy atom. The zero-order valence-corrected chi connectivity index (χ0v) is 21.9. The van der Waals surface area contributed by atoms with Gasteiger partial charge in [0.25, 0.3) is 0 Å². The Kier molecular flexibility index (Phi) is 5.77. The van der Waals surface area contributed by atoms with Crippen molar-refractivity contribution in [2.24, 2.45) is 0 Å². The molecule has 0 unspecified atom stereocenters. The Balaban J connectivity index is 1.55. The van der Waals surface area contributed by atoms with Crippen LogP contribution >= 0.6 is 7.92 Å². The molecule has 6 aromatic carbocycles. The van der Waals surface area contributed by atoms with E-state index in [4.69, 9.17) is 0 Å². The van der Waals surface area contributed by atoms with E-state index in [9.17, 15) is 0 Å². The van der Waals surface area contributed by atoms with Gasteiger partial charge in [0.05, 0.1) is 5.41 Å². The molecule has 7 rings (SSSR count). The van der Waals surface area contributed by atoms with E-state index in [1.54, 1.807) is 0 Å². The molecular formula is C37H27P. The highest BCUT2D eigenvalue weighted by atomic mass is 31.1. The van der Waals surface area contributed by atoms with Gasteiger partial charge in [-0.3, -0.25) is 0 Å². The predicted octanol–water partition coefficient (Wildman–Crippen LogP) is 7.81. The Hall–Kier alpha value is -4.25. The molecule has 0 aliphatic heterocycles. The van der Waals surface area contributed by atoms with E-state index < -0.39 is 7.92 Å². The minimum Gasteiger partial charge on any atom is -0.0622 e. The Morgan fingerprint density at radius 2 is 0.789 bits per heavy atom. The third kappa shape index (κ3) is 3.57. The summed E-state index contributed by atoms with van der Waals surface area (Å²) in [6, 6.07) is 60.3. The highest BCUT2D eigenvalue weighted by molar-refractivity contribution is 7.79. The molecule has 0 spiro atoms. The third-order valence-electron chi connectivity index (χ3n) is 7.73. The topological polar surface area (TPSA) is 0 Å².